The minimum absolute atomic E-state index is 0.231. The first kappa shape index (κ1) is 15.6. The van der Waals surface area contributed by atoms with Crippen LogP contribution >= 0.6 is 22.6 Å². The molecule has 2 aromatic carbocycles. The van der Waals surface area contributed by atoms with Gasteiger partial charge in [0.25, 0.3) is 10.0 Å². The Balaban J connectivity index is 2.47. The fourth-order valence-corrected chi connectivity index (χ4v) is 3.22. The van der Waals surface area contributed by atoms with E-state index in [0.29, 0.717) is 0 Å². The van der Waals surface area contributed by atoms with Crippen molar-refractivity contribution >= 4 is 44.0 Å². The van der Waals surface area contributed by atoms with Crippen LogP contribution in [0.15, 0.2) is 47.4 Å². The summed E-state index contributed by atoms with van der Waals surface area (Å²) in [6, 6.07) is 9.26. The average molecular weight is 422 g/mol. The van der Waals surface area contributed by atoms with Gasteiger partial charge in [-0.25, -0.2) is 8.42 Å². The second-order valence-corrected chi connectivity index (χ2v) is 6.85. The van der Waals surface area contributed by atoms with Gasteiger partial charge in [-0.05, 0) is 59.0 Å². The van der Waals surface area contributed by atoms with Gasteiger partial charge >= 0.3 is 5.69 Å². The van der Waals surface area contributed by atoms with Crippen molar-refractivity contribution in [3.63, 3.8) is 0 Å². The number of sulfonamides is 1. The van der Waals surface area contributed by atoms with Crippen LogP contribution in [-0.4, -0.2) is 13.3 Å². The van der Waals surface area contributed by atoms with E-state index in [1.54, 1.807) is 12.1 Å². The molecule has 0 fully saturated rings. The van der Waals surface area contributed by atoms with E-state index in [9.17, 15) is 22.9 Å². The summed E-state index contributed by atoms with van der Waals surface area (Å²) < 4.78 is 40.9. The van der Waals surface area contributed by atoms with E-state index < -0.39 is 31.3 Å². The molecule has 0 aromatic heterocycles. The van der Waals surface area contributed by atoms with Gasteiger partial charge in [0.05, 0.1) is 4.92 Å². The lowest BCUT2D eigenvalue weighted by molar-refractivity contribution is -0.390. The molecule has 0 heterocycles. The van der Waals surface area contributed by atoms with Crippen molar-refractivity contribution in [3.05, 3.63) is 62.0 Å². The quantitative estimate of drug-likeness (QED) is 0.466. The van der Waals surface area contributed by atoms with Crippen molar-refractivity contribution in [1.29, 1.82) is 0 Å². The van der Waals surface area contributed by atoms with Crippen LogP contribution in [0.5, 0.6) is 0 Å². The lowest BCUT2D eigenvalue weighted by atomic mass is 10.3. The minimum Gasteiger partial charge on any atom is -0.279 e. The van der Waals surface area contributed by atoms with Gasteiger partial charge < -0.3 is 0 Å². The first-order valence-corrected chi connectivity index (χ1v) is 8.09. The Morgan fingerprint density at radius 3 is 2.33 bits per heavy atom. The van der Waals surface area contributed by atoms with Crippen LogP contribution in [0, 0.1) is 19.5 Å². The lowest BCUT2D eigenvalue weighted by Gasteiger charge is -2.08. The molecule has 0 amide bonds. The summed E-state index contributed by atoms with van der Waals surface area (Å²) in [7, 11) is -4.26. The van der Waals surface area contributed by atoms with E-state index in [1.807, 2.05) is 22.6 Å². The molecule has 6 nitrogen and oxygen atoms in total. The first-order chi connectivity index (χ1) is 9.81. The molecule has 0 aliphatic heterocycles. The molecule has 21 heavy (non-hydrogen) atoms. The maximum Gasteiger partial charge on any atom is 0.325 e. The van der Waals surface area contributed by atoms with Crippen LogP contribution in [0.25, 0.3) is 0 Å². The molecule has 0 saturated carbocycles. The standard InChI is InChI=1S/C12H8FIN2O4S/c13-10-2-1-3-11(12(10)16(17)18)21(19,20)15-9-6-4-8(14)5-7-9/h1-7,15H. The van der Waals surface area contributed by atoms with Crippen molar-refractivity contribution in [2.24, 2.45) is 0 Å². The van der Waals surface area contributed by atoms with Crippen molar-refractivity contribution in [2.75, 3.05) is 4.72 Å². The summed E-state index contributed by atoms with van der Waals surface area (Å²) in [5.74, 6) is -1.20. The molecule has 0 aliphatic rings. The highest BCUT2D eigenvalue weighted by molar-refractivity contribution is 14.1. The van der Waals surface area contributed by atoms with E-state index in [1.165, 1.54) is 12.1 Å². The molecule has 2 aromatic rings. The topological polar surface area (TPSA) is 89.3 Å². The van der Waals surface area contributed by atoms with Gasteiger partial charge in [-0.2, -0.15) is 4.39 Å². The number of hydrogen-bond donors (Lipinski definition) is 1. The van der Waals surface area contributed by atoms with Gasteiger partial charge in [-0.3, -0.25) is 14.8 Å². The second-order valence-electron chi connectivity index (χ2n) is 3.96. The average Bonchev–Trinajstić information content (AvgIpc) is 2.40. The number of rotatable bonds is 4. The van der Waals surface area contributed by atoms with E-state index in [2.05, 4.69) is 4.72 Å². The number of nitro groups is 1. The molecule has 0 radical (unpaired) electrons. The van der Waals surface area contributed by atoms with Crippen LogP contribution in [-0.2, 0) is 10.0 Å². The Morgan fingerprint density at radius 1 is 1.14 bits per heavy atom. The number of nitrogens with one attached hydrogen (secondary N) is 1. The van der Waals surface area contributed by atoms with Crippen LogP contribution in [0.1, 0.15) is 0 Å². The van der Waals surface area contributed by atoms with E-state index in [0.717, 1.165) is 21.8 Å². The highest BCUT2D eigenvalue weighted by Crippen LogP contribution is 2.28. The van der Waals surface area contributed by atoms with Crippen LogP contribution in [0.4, 0.5) is 15.8 Å². The molecule has 0 unspecified atom stereocenters. The number of anilines is 1. The smallest absolute Gasteiger partial charge is 0.279 e. The van der Waals surface area contributed by atoms with Gasteiger partial charge in [0, 0.05) is 9.26 Å². The van der Waals surface area contributed by atoms with E-state index in [4.69, 9.17) is 0 Å². The largest absolute Gasteiger partial charge is 0.325 e. The predicted molar refractivity (Wildman–Crippen MR) is 83.0 cm³/mol. The molecular weight excluding hydrogens is 414 g/mol. The molecule has 2 rings (SSSR count). The Kier molecular flexibility index (Phi) is 4.42. The third-order valence-electron chi connectivity index (χ3n) is 2.52. The van der Waals surface area contributed by atoms with E-state index in [-0.39, 0.29) is 5.69 Å². The van der Waals surface area contributed by atoms with Crippen LogP contribution < -0.4 is 4.72 Å². The Labute approximate surface area is 133 Å². The number of hydrogen-bond acceptors (Lipinski definition) is 4. The molecule has 0 saturated heterocycles. The Hall–Kier alpha value is -1.75. The monoisotopic (exact) mass is 422 g/mol. The molecule has 1 N–H and O–H groups in total. The number of nitrogens with zero attached hydrogens (tertiary/aromatic N) is 1. The van der Waals surface area contributed by atoms with Crippen molar-refractivity contribution in [3.8, 4) is 0 Å². The van der Waals surface area contributed by atoms with Crippen molar-refractivity contribution in [2.45, 2.75) is 4.90 Å². The second kappa shape index (κ2) is 5.93. The van der Waals surface area contributed by atoms with Crippen LogP contribution in [0.3, 0.4) is 0 Å². The van der Waals surface area contributed by atoms with Gasteiger partial charge in [0.1, 0.15) is 0 Å². The fourth-order valence-electron chi connectivity index (χ4n) is 1.62. The normalized spacial score (nSPS) is 11.1. The molecule has 9 heteroatoms. The molecule has 0 spiro atoms. The zero-order valence-corrected chi connectivity index (χ0v) is 13.3. The van der Waals surface area contributed by atoms with Crippen molar-refractivity contribution in [1.82, 2.24) is 0 Å². The minimum atomic E-state index is -4.26. The summed E-state index contributed by atoms with van der Waals surface area (Å²) in [4.78, 5) is 9.08. The zero-order valence-electron chi connectivity index (χ0n) is 10.3. The van der Waals surface area contributed by atoms with E-state index >= 15 is 0 Å². The number of benzene rings is 2. The number of nitro benzene ring substituents is 1. The molecule has 0 bridgehead atoms. The first-order valence-electron chi connectivity index (χ1n) is 5.52. The summed E-state index contributed by atoms with van der Waals surface area (Å²) in [6.07, 6.45) is 0. The molecule has 0 atom stereocenters. The summed E-state index contributed by atoms with van der Waals surface area (Å²) in [5.41, 5.74) is -0.843. The summed E-state index contributed by atoms with van der Waals surface area (Å²) in [6.45, 7) is 0. The predicted octanol–water partition coefficient (Wildman–Crippen LogP) is 3.14. The van der Waals surface area contributed by atoms with Crippen molar-refractivity contribution < 1.29 is 17.7 Å². The maximum absolute atomic E-state index is 13.5. The van der Waals surface area contributed by atoms with Gasteiger partial charge in [-0.1, -0.05) is 6.07 Å². The SMILES string of the molecule is O=[N+]([O-])c1c(F)cccc1S(=O)(=O)Nc1ccc(I)cc1. The lowest BCUT2D eigenvalue weighted by Crippen LogP contribution is -2.15. The third kappa shape index (κ3) is 3.47. The van der Waals surface area contributed by atoms with Gasteiger partial charge in [0.2, 0.25) is 5.82 Å². The molecule has 0 aliphatic carbocycles. The highest BCUT2D eigenvalue weighted by atomic mass is 127. The third-order valence-corrected chi connectivity index (χ3v) is 4.65. The highest BCUT2D eigenvalue weighted by Gasteiger charge is 2.29. The number of para-hydroxylation sites is 1. The summed E-state index contributed by atoms with van der Waals surface area (Å²) >= 11 is 2.05. The Morgan fingerprint density at radius 2 is 1.76 bits per heavy atom. The number of halogens is 2. The Bertz CT molecular complexity index is 793. The van der Waals surface area contributed by atoms with Crippen LogP contribution in [0.2, 0.25) is 0 Å². The summed E-state index contributed by atoms with van der Waals surface area (Å²) in [5, 5.41) is 10.9. The fraction of sp³-hybridized carbons (Fsp3) is 0. The van der Waals surface area contributed by atoms with Gasteiger partial charge in [0.15, 0.2) is 4.90 Å². The maximum atomic E-state index is 13.5. The zero-order chi connectivity index (χ0) is 15.6. The molecular formula is C12H8FIN2O4S. The van der Waals surface area contributed by atoms with Gasteiger partial charge in [-0.15, -0.1) is 0 Å². The molecule has 110 valence electrons.